The standard InChI is InChI=1S/C12H16O5/c1-2-16-7-9(13)8-17-11-6-4-3-5-10(11)12(14)15/h3-6,9,13H,2,7-8H2,1H3,(H,14,15). The Hall–Kier alpha value is -1.59. The Morgan fingerprint density at radius 3 is 2.71 bits per heavy atom. The lowest BCUT2D eigenvalue weighted by Crippen LogP contribution is -2.23. The van der Waals surface area contributed by atoms with Gasteiger partial charge in [0.1, 0.15) is 24.0 Å². The van der Waals surface area contributed by atoms with E-state index in [1.54, 1.807) is 18.2 Å². The van der Waals surface area contributed by atoms with Crippen LogP contribution in [0.2, 0.25) is 0 Å². The van der Waals surface area contributed by atoms with Gasteiger partial charge in [0.2, 0.25) is 0 Å². The molecule has 1 atom stereocenters. The zero-order chi connectivity index (χ0) is 12.7. The Morgan fingerprint density at radius 1 is 1.35 bits per heavy atom. The maximum absolute atomic E-state index is 10.9. The second kappa shape index (κ2) is 6.88. The lowest BCUT2D eigenvalue weighted by molar-refractivity contribution is 0.0161. The first kappa shape index (κ1) is 13.5. The van der Waals surface area contributed by atoms with Crippen LogP contribution in [0.25, 0.3) is 0 Å². The predicted octanol–water partition coefficient (Wildman–Crippen LogP) is 1.16. The molecule has 0 aromatic heterocycles. The lowest BCUT2D eigenvalue weighted by atomic mass is 10.2. The van der Waals surface area contributed by atoms with E-state index >= 15 is 0 Å². The normalized spacial score (nSPS) is 12.1. The smallest absolute Gasteiger partial charge is 0.339 e. The fraction of sp³-hybridized carbons (Fsp3) is 0.417. The number of para-hydroxylation sites is 1. The third-order valence-electron chi connectivity index (χ3n) is 2.06. The van der Waals surface area contributed by atoms with Crippen molar-refractivity contribution in [3.05, 3.63) is 29.8 Å². The minimum absolute atomic E-state index is 0.00426. The highest BCUT2D eigenvalue weighted by atomic mass is 16.5. The van der Waals surface area contributed by atoms with Crippen LogP contribution in [0, 0.1) is 0 Å². The third kappa shape index (κ3) is 4.42. The highest BCUT2D eigenvalue weighted by Gasteiger charge is 2.12. The molecule has 5 nitrogen and oxygen atoms in total. The molecule has 0 aliphatic heterocycles. The zero-order valence-electron chi connectivity index (χ0n) is 9.63. The van der Waals surface area contributed by atoms with E-state index in [1.807, 2.05) is 6.92 Å². The molecule has 2 N–H and O–H groups in total. The Balaban J connectivity index is 2.54. The highest BCUT2D eigenvalue weighted by Crippen LogP contribution is 2.17. The summed E-state index contributed by atoms with van der Waals surface area (Å²) in [4.78, 5) is 10.9. The van der Waals surface area contributed by atoms with Gasteiger partial charge in [-0.1, -0.05) is 12.1 Å². The van der Waals surface area contributed by atoms with Crippen molar-refractivity contribution in [1.29, 1.82) is 0 Å². The minimum Gasteiger partial charge on any atom is -0.490 e. The average Bonchev–Trinajstić information content (AvgIpc) is 2.34. The Bertz CT molecular complexity index is 364. The first-order valence-electron chi connectivity index (χ1n) is 5.36. The van der Waals surface area contributed by atoms with E-state index in [9.17, 15) is 9.90 Å². The van der Waals surface area contributed by atoms with Gasteiger partial charge in [-0.2, -0.15) is 0 Å². The van der Waals surface area contributed by atoms with Crippen molar-refractivity contribution in [2.75, 3.05) is 19.8 Å². The van der Waals surface area contributed by atoms with E-state index in [1.165, 1.54) is 6.07 Å². The van der Waals surface area contributed by atoms with E-state index in [2.05, 4.69) is 0 Å². The second-order valence-electron chi connectivity index (χ2n) is 3.43. The average molecular weight is 240 g/mol. The number of carboxylic acids is 1. The molecule has 0 spiro atoms. The summed E-state index contributed by atoms with van der Waals surface area (Å²) in [6, 6.07) is 6.30. The van der Waals surface area contributed by atoms with E-state index in [0.29, 0.717) is 6.61 Å². The number of rotatable bonds is 7. The molecule has 1 aromatic rings. The number of hydrogen-bond acceptors (Lipinski definition) is 4. The number of carboxylic acid groups (broad SMARTS) is 1. The number of benzene rings is 1. The summed E-state index contributed by atoms with van der Waals surface area (Å²) >= 11 is 0. The van der Waals surface area contributed by atoms with Gasteiger partial charge in [-0.3, -0.25) is 0 Å². The number of carbonyl (C=O) groups is 1. The highest BCUT2D eigenvalue weighted by molar-refractivity contribution is 5.90. The molecule has 17 heavy (non-hydrogen) atoms. The van der Waals surface area contributed by atoms with Crippen molar-refractivity contribution < 1.29 is 24.5 Å². The number of aliphatic hydroxyl groups excluding tert-OH is 1. The van der Waals surface area contributed by atoms with Gasteiger partial charge in [0, 0.05) is 6.61 Å². The molecule has 0 heterocycles. The topological polar surface area (TPSA) is 76.0 Å². The van der Waals surface area contributed by atoms with Gasteiger partial charge in [0.05, 0.1) is 6.61 Å². The number of hydrogen-bond donors (Lipinski definition) is 2. The van der Waals surface area contributed by atoms with Crippen LogP contribution in [0.3, 0.4) is 0 Å². The molecule has 0 aliphatic carbocycles. The largest absolute Gasteiger partial charge is 0.490 e. The summed E-state index contributed by atoms with van der Waals surface area (Å²) in [5.74, 6) is -0.810. The molecule has 0 radical (unpaired) electrons. The SMILES string of the molecule is CCOCC(O)COc1ccccc1C(=O)O. The summed E-state index contributed by atoms with van der Waals surface area (Å²) in [6.07, 6.45) is -0.767. The predicted molar refractivity (Wildman–Crippen MR) is 61.4 cm³/mol. The molecule has 0 fully saturated rings. The summed E-state index contributed by atoms with van der Waals surface area (Å²) in [6.45, 7) is 2.52. The van der Waals surface area contributed by atoms with Crippen LogP contribution in [-0.4, -0.2) is 42.1 Å². The molecule has 1 unspecified atom stereocenters. The van der Waals surface area contributed by atoms with Gasteiger partial charge in [-0.15, -0.1) is 0 Å². The number of aromatic carboxylic acids is 1. The Morgan fingerprint density at radius 2 is 2.06 bits per heavy atom. The van der Waals surface area contributed by atoms with Gasteiger partial charge >= 0.3 is 5.97 Å². The molecule has 0 aliphatic rings. The van der Waals surface area contributed by atoms with Crippen LogP contribution in [-0.2, 0) is 4.74 Å². The van der Waals surface area contributed by atoms with Gasteiger partial charge < -0.3 is 19.7 Å². The van der Waals surface area contributed by atoms with Crippen molar-refractivity contribution in [3.63, 3.8) is 0 Å². The molecule has 94 valence electrons. The molecule has 0 amide bonds. The molecule has 0 bridgehead atoms. The van der Waals surface area contributed by atoms with E-state index in [4.69, 9.17) is 14.6 Å². The van der Waals surface area contributed by atoms with E-state index < -0.39 is 12.1 Å². The lowest BCUT2D eigenvalue weighted by Gasteiger charge is -2.13. The number of aliphatic hydroxyl groups is 1. The quantitative estimate of drug-likeness (QED) is 0.748. The first-order valence-corrected chi connectivity index (χ1v) is 5.36. The molecule has 1 aromatic carbocycles. The van der Waals surface area contributed by atoms with Crippen LogP contribution in [0.1, 0.15) is 17.3 Å². The fourth-order valence-electron chi connectivity index (χ4n) is 1.26. The fourth-order valence-corrected chi connectivity index (χ4v) is 1.26. The van der Waals surface area contributed by atoms with Gasteiger partial charge in [-0.05, 0) is 19.1 Å². The van der Waals surface area contributed by atoms with Gasteiger partial charge in [0.15, 0.2) is 0 Å². The Labute approximate surface area is 99.6 Å². The molecule has 1 rings (SSSR count). The second-order valence-corrected chi connectivity index (χ2v) is 3.43. The van der Waals surface area contributed by atoms with Crippen LogP contribution in [0.5, 0.6) is 5.75 Å². The molecule has 5 heteroatoms. The van der Waals surface area contributed by atoms with Gasteiger partial charge in [0.25, 0.3) is 0 Å². The molecule has 0 saturated carbocycles. The molecular formula is C12H16O5. The maximum Gasteiger partial charge on any atom is 0.339 e. The minimum atomic E-state index is -1.06. The third-order valence-corrected chi connectivity index (χ3v) is 2.06. The van der Waals surface area contributed by atoms with Crippen molar-refractivity contribution in [3.8, 4) is 5.75 Å². The van der Waals surface area contributed by atoms with Crippen molar-refractivity contribution in [1.82, 2.24) is 0 Å². The summed E-state index contributed by atoms with van der Waals surface area (Å²) in [7, 11) is 0. The zero-order valence-corrected chi connectivity index (χ0v) is 9.63. The van der Waals surface area contributed by atoms with Crippen LogP contribution >= 0.6 is 0 Å². The van der Waals surface area contributed by atoms with Gasteiger partial charge in [-0.25, -0.2) is 4.79 Å². The molecule has 0 saturated heterocycles. The molecular weight excluding hydrogens is 224 g/mol. The van der Waals surface area contributed by atoms with Crippen LogP contribution in [0.15, 0.2) is 24.3 Å². The number of ether oxygens (including phenoxy) is 2. The first-order chi connectivity index (χ1) is 8.15. The van der Waals surface area contributed by atoms with Crippen LogP contribution in [0.4, 0.5) is 0 Å². The maximum atomic E-state index is 10.9. The van der Waals surface area contributed by atoms with Crippen molar-refractivity contribution in [2.24, 2.45) is 0 Å². The van der Waals surface area contributed by atoms with E-state index in [0.717, 1.165) is 0 Å². The summed E-state index contributed by atoms with van der Waals surface area (Å²) in [5.41, 5.74) is 0.0797. The van der Waals surface area contributed by atoms with Crippen molar-refractivity contribution in [2.45, 2.75) is 13.0 Å². The Kier molecular flexibility index (Phi) is 5.45. The summed E-state index contributed by atoms with van der Waals surface area (Å²) < 4.78 is 10.3. The van der Waals surface area contributed by atoms with Crippen molar-refractivity contribution >= 4 is 5.97 Å². The summed E-state index contributed by atoms with van der Waals surface area (Å²) in [5, 5.41) is 18.4. The van der Waals surface area contributed by atoms with Crippen LogP contribution < -0.4 is 4.74 Å². The monoisotopic (exact) mass is 240 g/mol. The van der Waals surface area contributed by atoms with E-state index in [-0.39, 0.29) is 24.5 Å².